The molecule has 0 amide bonds. The summed E-state index contributed by atoms with van der Waals surface area (Å²) < 4.78 is 0. The van der Waals surface area contributed by atoms with E-state index in [-0.39, 0.29) is 0 Å². The molecule has 120 valence electrons. The molecule has 0 spiro atoms. The Morgan fingerprint density at radius 2 is 1.82 bits per heavy atom. The van der Waals surface area contributed by atoms with Crippen LogP contribution >= 0.6 is 0 Å². The summed E-state index contributed by atoms with van der Waals surface area (Å²) in [5.74, 6) is 0. The highest BCUT2D eigenvalue weighted by Crippen LogP contribution is 2.28. The van der Waals surface area contributed by atoms with Crippen LogP contribution in [0.25, 0.3) is 0 Å². The Morgan fingerprint density at radius 1 is 1.14 bits per heavy atom. The fourth-order valence-electron chi connectivity index (χ4n) is 3.02. The highest BCUT2D eigenvalue weighted by molar-refractivity contribution is 5.45. The van der Waals surface area contributed by atoms with Crippen molar-refractivity contribution in [2.24, 2.45) is 0 Å². The second kappa shape index (κ2) is 8.63. The largest absolute Gasteiger partial charge is 0.359 e. The van der Waals surface area contributed by atoms with Crippen LogP contribution in [0, 0.1) is 0 Å². The zero-order valence-electron chi connectivity index (χ0n) is 15.0. The van der Waals surface area contributed by atoms with Gasteiger partial charge in [0.05, 0.1) is 0 Å². The molecule has 0 unspecified atom stereocenters. The van der Waals surface area contributed by atoms with E-state index in [0.717, 1.165) is 31.4 Å². The second-order valence-electron chi connectivity index (χ2n) is 6.02. The first kappa shape index (κ1) is 18.3. The van der Waals surface area contributed by atoms with E-state index < -0.39 is 0 Å². The summed E-state index contributed by atoms with van der Waals surface area (Å²) >= 11 is 0. The van der Waals surface area contributed by atoms with E-state index in [2.05, 4.69) is 71.3 Å². The van der Waals surface area contributed by atoms with Crippen molar-refractivity contribution in [1.29, 1.82) is 0 Å². The monoisotopic (exact) mass is 297 g/mol. The van der Waals surface area contributed by atoms with Crippen molar-refractivity contribution < 1.29 is 0 Å². The number of nitrogens with one attached hydrogen (secondary N) is 1. The van der Waals surface area contributed by atoms with Crippen LogP contribution < -0.4 is 5.32 Å². The quantitative estimate of drug-likeness (QED) is 0.514. The first-order chi connectivity index (χ1) is 10.4. The van der Waals surface area contributed by atoms with Gasteiger partial charge in [-0.2, -0.15) is 0 Å². The summed E-state index contributed by atoms with van der Waals surface area (Å²) in [6.07, 6.45) is 10.6. The van der Waals surface area contributed by atoms with E-state index in [9.17, 15) is 0 Å². The van der Waals surface area contributed by atoms with E-state index in [1.54, 1.807) is 0 Å². The van der Waals surface area contributed by atoms with E-state index in [1.165, 1.54) is 33.6 Å². The lowest BCUT2D eigenvalue weighted by Crippen LogP contribution is -2.14. The van der Waals surface area contributed by atoms with Crippen molar-refractivity contribution in [3.05, 3.63) is 70.6 Å². The van der Waals surface area contributed by atoms with Gasteiger partial charge < -0.3 is 5.32 Å². The molecule has 22 heavy (non-hydrogen) atoms. The Balaban J connectivity index is 3.07. The fraction of sp³-hybridized carbons (Fsp3) is 0.429. The molecule has 1 aliphatic rings. The molecule has 0 atom stereocenters. The van der Waals surface area contributed by atoms with Crippen molar-refractivity contribution >= 4 is 0 Å². The van der Waals surface area contributed by atoms with Gasteiger partial charge in [-0.15, -0.1) is 0 Å². The van der Waals surface area contributed by atoms with Gasteiger partial charge in [-0.3, -0.25) is 0 Å². The molecular weight excluding hydrogens is 266 g/mol. The third kappa shape index (κ3) is 4.62. The van der Waals surface area contributed by atoms with Crippen LogP contribution in [-0.2, 0) is 0 Å². The molecule has 0 aromatic rings. The summed E-state index contributed by atoms with van der Waals surface area (Å²) in [5.41, 5.74) is 8.80. The van der Waals surface area contributed by atoms with Gasteiger partial charge in [0.2, 0.25) is 0 Å². The molecule has 1 heteroatoms. The smallest absolute Gasteiger partial charge is 0.0344 e. The van der Waals surface area contributed by atoms with Gasteiger partial charge in [-0.1, -0.05) is 57.2 Å². The molecule has 1 N–H and O–H groups in total. The van der Waals surface area contributed by atoms with Gasteiger partial charge in [-0.05, 0) is 62.3 Å². The first-order valence-corrected chi connectivity index (χ1v) is 8.30. The Kier molecular flexibility index (Phi) is 7.17. The van der Waals surface area contributed by atoms with Gasteiger partial charge in [0, 0.05) is 11.4 Å². The number of hydrogen-bond acceptors (Lipinski definition) is 1. The van der Waals surface area contributed by atoms with E-state index in [4.69, 9.17) is 0 Å². The van der Waals surface area contributed by atoms with E-state index in [1.807, 2.05) is 0 Å². The minimum absolute atomic E-state index is 0.974. The van der Waals surface area contributed by atoms with Crippen LogP contribution in [0.4, 0.5) is 0 Å². The zero-order chi connectivity index (χ0) is 16.7. The molecule has 1 aliphatic carbocycles. The maximum absolute atomic E-state index is 4.18. The molecule has 0 heterocycles. The zero-order valence-corrected chi connectivity index (χ0v) is 15.0. The van der Waals surface area contributed by atoms with Crippen LogP contribution in [0.3, 0.4) is 0 Å². The van der Waals surface area contributed by atoms with Crippen LogP contribution in [0.2, 0.25) is 0 Å². The molecule has 0 fully saturated rings. The van der Waals surface area contributed by atoms with Crippen molar-refractivity contribution in [2.75, 3.05) is 0 Å². The molecule has 1 rings (SSSR count). The molecule has 0 aliphatic heterocycles. The summed E-state index contributed by atoms with van der Waals surface area (Å²) in [7, 11) is 0. The van der Waals surface area contributed by atoms with Crippen molar-refractivity contribution in [2.45, 2.75) is 60.3 Å². The Morgan fingerprint density at radius 3 is 2.27 bits per heavy atom. The molecule has 0 radical (unpaired) electrons. The summed E-state index contributed by atoms with van der Waals surface area (Å²) in [6, 6.07) is 0. The van der Waals surface area contributed by atoms with Crippen LogP contribution in [0.5, 0.6) is 0 Å². The SMILES string of the molecule is C=C(N/C(C)=C(CC)/C(C)=C(\CCC)C(=C)C)C1=CC=CC1. The topological polar surface area (TPSA) is 12.0 Å². The van der Waals surface area contributed by atoms with Gasteiger partial charge in [0.15, 0.2) is 0 Å². The standard InChI is InChI=1S/C21H31N/c1-8-12-21(15(3)4)16(5)20(9-2)18(7)22-17(6)19-13-10-11-14-19/h10-11,13,22H,3,6,8-9,12,14H2,1-2,4-5,7H3/b20-18+,21-16+. The average Bonchev–Trinajstić information content (AvgIpc) is 2.99. The summed E-state index contributed by atoms with van der Waals surface area (Å²) in [4.78, 5) is 0. The average molecular weight is 297 g/mol. The minimum Gasteiger partial charge on any atom is -0.359 e. The minimum atomic E-state index is 0.974. The van der Waals surface area contributed by atoms with E-state index >= 15 is 0 Å². The second-order valence-corrected chi connectivity index (χ2v) is 6.02. The van der Waals surface area contributed by atoms with Gasteiger partial charge in [-0.25, -0.2) is 0 Å². The molecule has 0 saturated heterocycles. The Hall–Kier alpha value is -1.76. The molecule has 0 aromatic heterocycles. The molecule has 1 nitrogen and oxygen atoms in total. The lowest BCUT2D eigenvalue weighted by atomic mass is 9.91. The molecule has 0 saturated carbocycles. The van der Waals surface area contributed by atoms with Crippen molar-refractivity contribution in [1.82, 2.24) is 5.32 Å². The number of hydrogen-bond donors (Lipinski definition) is 1. The van der Waals surface area contributed by atoms with Crippen LogP contribution in [0.1, 0.15) is 60.3 Å². The molecular formula is C21H31N. The summed E-state index contributed by atoms with van der Waals surface area (Å²) in [5, 5.41) is 3.50. The summed E-state index contributed by atoms with van der Waals surface area (Å²) in [6.45, 7) is 19.3. The third-order valence-corrected chi connectivity index (χ3v) is 4.22. The maximum Gasteiger partial charge on any atom is 0.0344 e. The highest BCUT2D eigenvalue weighted by atomic mass is 14.9. The van der Waals surface area contributed by atoms with Crippen molar-refractivity contribution in [3.63, 3.8) is 0 Å². The predicted molar refractivity (Wildman–Crippen MR) is 99.5 cm³/mol. The van der Waals surface area contributed by atoms with E-state index in [0.29, 0.717) is 0 Å². The fourth-order valence-corrected chi connectivity index (χ4v) is 3.02. The Bertz CT molecular complexity index is 565. The van der Waals surface area contributed by atoms with Crippen LogP contribution in [-0.4, -0.2) is 0 Å². The van der Waals surface area contributed by atoms with Crippen LogP contribution in [0.15, 0.2) is 70.6 Å². The van der Waals surface area contributed by atoms with Gasteiger partial charge in [0.25, 0.3) is 0 Å². The molecule has 0 bridgehead atoms. The lowest BCUT2D eigenvalue weighted by Gasteiger charge is -2.19. The van der Waals surface area contributed by atoms with Gasteiger partial charge in [0.1, 0.15) is 0 Å². The maximum atomic E-state index is 4.18. The normalized spacial score (nSPS) is 16.0. The highest BCUT2D eigenvalue weighted by Gasteiger charge is 2.11. The van der Waals surface area contributed by atoms with Crippen molar-refractivity contribution in [3.8, 4) is 0 Å². The third-order valence-electron chi connectivity index (χ3n) is 4.22. The number of rotatable bonds is 8. The number of allylic oxidation sites excluding steroid dienone is 9. The Labute approximate surface area is 136 Å². The molecule has 0 aromatic carbocycles. The predicted octanol–water partition coefficient (Wildman–Crippen LogP) is 6.35. The first-order valence-electron chi connectivity index (χ1n) is 8.30. The van der Waals surface area contributed by atoms with Gasteiger partial charge >= 0.3 is 0 Å². The lowest BCUT2D eigenvalue weighted by molar-refractivity contribution is 0.877.